The number of anilines is 1. The number of benzene rings is 2. The SMILES string of the molecule is CCOC(=O)c1ccc(NC(=O)Cn2nc(-c3ccc(C)cc3C)c3sc(C)nc3c2=O)cc1. The van der Waals surface area contributed by atoms with Gasteiger partial charge in [-0.2, -0.15) is 5.10 Å². The van der Waals surface area contributed by atoms with Crippen LogP contribution in [0, 0.1) is 20.8 Å². The maximum atomic E-state index is 13.0. The van der Waals surface area contributed by atoms with E-state index in [-0.39, 0.29) is 13.2 Å². The van der Waals surface area contributed by atoms with E-state index in [2.05, 4.69) is 21.5 Å². The Bertz CT molecular complexity index is 1450. The van der Waals surface area contributed by atoms with Gasteiger partial charge < -0.3 is 10.1 Å². The van der Waals surface area contributed by atoms with Crippen LogP contribution in [0.1, 0.15) is 33.4 Å². The summed E-state index contributed by atoms with van der Waals surface area (Å²) in [5.41, 5.74) is 4.44. The summed E-state index contributed by atoms with van der Waals surface area (Å²) in [5.74, 6) is -0.849. The third-order valence-electron chi connectivity index (χ3n) is 5.22. The van der Waals surface area contributed by atoms with Crippen LogP contribution < -0.4 is 10.9 Å². The molecular weight excluding hydrogens is 452 g/mol. The monoisotopic (exact) mass is 476 g/mol. The molecule has 1 N–H and O–H groups in total. The van der Waals surface area contributed by atoms with Crippen LogP contribution in [-0.2, 0) is 16.1 Å². The molecule has 0 saturated heterocycles. The predicted octanol–water partition coefficient (Wildman–Crippen LogP) is 4.26. The Kier molecular flexibility index (Phi) is 6.56. The lowest BCUT2D eigenvalue weighted by atomic mass is 10.0. The van der Waals surface area contributed by atoms with E-state index in [9.17, 15) is 14.4 Å². The molecule has 4 aromatic rings. The minimum absolute atomic E-state index is 0.275. The van der Waals surface area contributed by atoms with Gasteiger partial charge in [0.15, 0.2) is 5.52 Å². The summed E-state index contributed by atoms with van der Waals surface area (Å²) < 4.78 is 6.82. The van der Waals surface area contributed by atoms with E-state index in [0.29, 0.717) is 27.2 Å². The summed E-state index contributed by atoms with van der Waals surface area (Å²) in [6.07, 6.45) is 0. The Labute approximate surface area is 200 Å². The fraction of sp³-hybridized carbons (Fsp3) is 0.240. The van der Waals surface area contributed by atoms with Crippen molar-refractivity contribution in [3.8, 4) is 11.3 Å². The summed E-state index contributed by atoms with van der Waals surface area (Å²) in [6.45, 7) is 7.59. The molecule has 4 rings (SSSR count). The number of esters is 1. The Morgan fingerprint density at radius 1 is 1.09 bits per heavy atom. The molecule has 34 heavy (non-hydrogen) atoms. The van der Waals surface area contributed by atoms with Crippen molar-refractivity contribution in [3.05, 3.63) is 74.5 Å². The zero-order valence-corrected chi connectivity index (χ0v) is 20.2. The number of hydrogen-bond acceptors (Lipinski definition) is 7. The van der Waals surface area contributed by atoms with E-state index in [1.165, 1.54) is 11.3 Å². The molecule has 8 nitrogen and oxygen atoms in total. The zero-order chi connectivity index (χ0) is 24.4. The Morgan fingerprint density at radius 2 is 1.82 bits per heavy atom. The van der Waals surface area contributed by atoms with Gasteiger partial charge in [-0.25, -0.2) is 14.5 Å². The fourth-order valence-electron chi connectivity index (χ4n) is 3.67. The number of nitrogens with zero attached hydrogens (tertiary/aromatic N) is 3. The molecule has 0 atom stereocenters. The van der Waals surface area contributed by atoms with Gasteiger partial charge in [0.05, 0.1) is 21.9 Å². The van der Waals surface area contributed by atoms with E-state index < -0.39 is 17.4 Å². The van der Waals surface area contributed by atoms with Gasteiger partial charge >= 0.3 is 5.97 Å². The number of thiazole rings is 1. The maximum Gasteiger partial charge on any atom is 0.338 e. The molecule has 174 valence electrons. The van der Waals surface area contributed by atoms with Crippen molar-refractivity contribution >= 4 is 39.1 Å². The van der Waals surface area contributed by atoms with Gasteiger partial charge in [-0.1, -0.05) is 23.8 Å². The van der Waals surface area contributed by atoms with Crippen LogP contribution in [-0.4, -0.2) is 33.2 Å². The second kappa shape index (κ2) is 9.56. The molecule has 0 radical (unpaired) electrons. The van der Waals surface area contributed by atoms with Crippen LogP contribution in [0.2, 0.25) is 0 Å². The number of fused-ring (bicyclic) bond motifs is 1. The first-order chi connectivity index (χ1) is 16.3. The largest absolute Gasteiger partial charge is 0.462 e. The summed E-state index contributed by atoms with van der Waals surface area (Å²) in [6, 6.07) is 12.4. The summed E-state index contributed by atoms with van der Waals surface area (Å²) in [5, 5.41) is 8.06. The second-order valence-corrected chi connectivity index (χ2v) is 9.09. The lowest BCUT2D eigenvalue weighted by molar-refractivity contribution is -0.117. The predicted molar refractivity (Wildman–Crippen MR) is 132 cm³/mol. The Hall–Kier alpha value is -3.85. The molecule has 1 amide bonds. The van der Waals surface area contributed by atoms with E-state index in [4.69, 9.17) is 4.74 Å². The number of aromatic nitrogens is 3. The highest BCUT2D eigenvalue weighted by molar-refractivity contribution is 7.19. The summed E-state index contributed by atoms with van der Waals surface area (Å²) in [4.78, 5) is 42.0. The Morgan fingerprint density at radius 3 is 2.50 bits per heavy atom. The van der Waals surface area contributed by atoms with E-state index in [1.807, 2.05) is 32.9 Å². The topological polar surface area (TPSA) is 103 Å². The number of carbonyl (C=O) groups excluding carboxylic acids is 2. The van der Waals surface area contributed by atoms with Gasteiger partial charge in [0, 0.05) is 11.3 Å². The van der Waals surface area contributed by atoms with Crippen LogP contribution in [0.4, 0.5) is 5.69 Å². The molecule has 0 unspecified atom stereocenters. The molecule has 0 spiro atoms. The molecule has 0 saturated carbocycles. The molecule has 0 aliphatic rings. The number of rotatable bonds is 6. The van der Waals surface area contributed by atoms with Crippen LogP contribution in [0.5, 0.6) is 0 Å². The molecule has 2 aromatic heterocycles. The van der Waals surface area contributed by atoms with Crippen molar-refractivity contribution in [2.45, 2.75) is 34.2 Å². The number of aryl methyl sites for hydroxylation is 3. The van der Waals surface area contributed by atoms with E-state index in [0.717, 1.165) is 26.4 Å². The highest BCUT2D eigenvalue weighted by Gasteiger charge is 2.19. The third kappa shape index (κ3) is 4.74. The van der Waals surface area contributed by atoms with Gasteiger partial charge in [-0.3, -0.25) is 9.59 Å². The number of nitrogens with one attached hydrogen (secondary N) is 1. The number of amides is 1. The smallest absolute Gasteiger partial charge is 0.338 e. The molecule has 2 aromatic carbocycles. The second-order valence-electron chi connectivity index (χ2n) is 7.89. The number of ether oxygens (including phenoxy) is 1. The fourth-order valence-corrected chi connectivity index (χ4v) is 4.58. The van der Waals surface area contributed by atoms with Crippen molar-refractivity contribution in [3.63, 3.8) is 0 Å². The molecule has 0 bridgehead atoms. The van der Waals surface area contributed by atoms with Gasteiger partial charge in [0.1, 0.15) is 12.2 Å². The van der Waals surface area contributed by atoms with Crippen molar-refractivity contribution in [1.29, 1.82) is 0 Å². The lowest BCUT2D eigenvalue weighted by Crippen LogP contribution is -2.30. The van der Waals surface area contributed by atoms with Gasteiger partial charge in [0.25, 0.3) is 5.56 Å². The third-order valence-corrected chi connectivity index (χ3v) is 6.19. The van der Waals surface area contributed by atoms with Gasteiger partial charge in [-0.05, 0) is 57.5 Å². The van der Waals surface area contributed by atoms with Crippen molar-refractivity contribution < 1.29 is 14.3 Å². The van der Waals surface area contributed by atoms with Crippen molar-refractivity contribution in [1.82, 2.24) is 14.8 Å². The zero-order valence-electron chi connectivity index (χ0n) is 19.3. The van der Waals surface area contributed by atoms with Crippen LogP contribution in [0.25, 0.3) is 21.5 Å². The van der Waals surface area contributed by atoms with Crippen molar-refractivity contribution in [2.75, 3.05) is 11.9 Å². The lowest BCUT2D eigenvalue weighted by Gasteiger charge is -2.11. The van der Waals surface area contributed by atoms with Crippen molar-refractivity contribution in [2.24, 2.45) is 0 Å². The molecule has 9 heteroatoms. The first-order valence-corrected chi connectivity index (χ1v) is 11.6. The Balaban J connectivity index is 1.64. The van der Waals surface area contributed by atoms with Gasteiger partial charge in [0.2, 0.25) is 5.91 Å². The number of carbonyl (C=O) groups is 2. The van der Waals surface area contributed by atoms with Crippen LogP contribution >= 0.6 is 11.3 Å². The average molecular weight is 477 g/mol. The molecule has 0 fully saturated rings. The molecule has 0 aliphatic carbocycles. The highest BCUT2D eigenvalue weighted by atomic mass is 32.1. The first kappa shape index (κ1) is 23.3. The normalized spacial score (nSPS) is 10.9. The minimum atomic E-state index is -0.429. The standard InChI is InChI=1S/C25H24N4O4S/c1-5-33-25(32)17-7-9-18(10-8-17)27-20(30)13-29-24(31)22-23(34-16(4)26-22)21(28-29)19-11-6-14(2)12-15(19)3/h6-12H,5,13H2,1-4H3,(H,27,30). The maximum absolute atomic E-state index is 13.0. The average Bonchev–Trinajstić information content (AvgIpc) is 3.19. The van der Waals surface area contributed by atoms with Crippen LogP contribution in [0.15, 0.2) is 47.3 Å². The quantitative estimate of drug-likeness (QED) is 0.417. The minimum Gasteiger partial charge on any atom is -0.462 e. The highest BCUT2D eigenvalue weighted by Crippen LogP contribution is 2.31. The number of hydrogen-bond donors (Lipinski definition) is 1. The van der Waals surface area contributed by atoms with Crippen LogP contribution in [0.3, 0.4) is 0 Å². The summed E-state index contributed by atoms with van der Waals surface area (Å²) >= 11 is 1.41. The van der Waals surface area contributed by atoms with E-state index >= 15 is 0 Å². The molecule has 0 aliphatic heterocycles. The summed E-state index contributed by atoms with van der Waals surface area (Å²) in [7, 11) is 0. The van der Waals surface area contributed by atoms with Gasteiger partial charge in [-0.15, -0.1) is 11.3 Å². The molecule has 2 heterocycles. The van der Waals surface area contributed by atoms with E-state index in [1.54, 1.807) is 31.2 Å². The molecular formula is C25H24N4O4S. The first-order valence-electron chi connectivity index (χ1n) is 10.8.